The Hall–Kier alpha value is -1.77. The zero-order valence-corrected chi connectivity index (χ0v) is 9.53. The van der Waals surface area contributed by atoms with Crippen LogP contribution in [0.4, 0.5) is 0 Å². The van der Waals surface area contributed by atoms with Gasteiger partial charge in [-0.25, -0.2) is 0 Å². The van der Waals surface area contributed by atoms with Gasteiger partial charge >= 0.3 is 0 Å². The van der Waals surface area contributed by atoms with Crippen molar-refractivity contribution in [3.8, 4) is 5.75 Å². The predicted molar refractivity (Wildman–Crippen MR) is 64.8 cm³/mol. The van der Waals surface area contributed by atoms with Crippen LogP contribution < -0.4 is 10.1 Å². The van der Waals surface area contributed by atoms with Gasteiger partial charge in [-0.1, -0.05) is 18.2 Å². The number of hydrogen-bond donors (Lipinski definition) is 1. The average molecular weight is 219 g/mol. The second-order valence-corrected chi connectivity index (χ2v) is 3.26. The molecule has 0 atom stereocenters. The molecule has 0 spiro atoms. The van der Waals surface area contributed by atoms with Crippen LogP contribution in [0, 0.1) is 0 Å². The summed E-state index contributed by atoms with van der Waals surface area (Å²) in [6.45, 7) is 6.65. The first-order valence-electron chi connectivity index (χ1n) is 5.40. The summed E-state index contributed by atoms with van der Waals surface area (Å²) < 4.78 is 5.38. The Balaban J connectivity index is 2.69. The molecule has 86 valence electrons. The van der Waals surface area contributed by atoms with Gasteiger partial charge in [-0.2, -0.15) is 0 Å². The maximum atomic E-state index is 11.8. The molecule has 3 nitrogen and oxygen atoms in total. The van der Waals surface area contributed by atoms with Crippen molar-refractivity contribution in [2.24, 2.45) is 0 Å². The maximum absolute atomic E-state index is 11.8. The van der Waals surface area contributed by atoms with Crippen molar-refractivity contribution in [1.82, 2.24) is 5.32 Å². The molecule has 1 aromatic carbocycles. The second-order valence-electron chi connectivity index (χ2n) is 3.26. The van der Waals surface area contributed by atoms with E-state index in [9.17, 15) is 4.79 Å². The largest absolute Gasteiger partial charge is 0.493 e. The second kappa shape index (κ2) is 6.67. The maximum Gasteiger partial charge on any atom is 0.255 e. The van der Waals surface area contributed by atoms with Gasteiger partial charge in [-0.15, -0.1) is 6.58 Å². The third kappa shape index (κ3) is 3.42. The number of para-hydroxylation sites is 1. The normalized spacial score (nSPS) is 9.56. The van der Waals surface area contributed by atoms with Crippen molar-refractivity contribution >= 4 is 5.91 Å². The molecule has 3 heteroatoms. The topological polar surface area (TPSA) is 38.3 Å². The molecule has 1 amide bonds. The van der Waals surface area contributed by atoms with Gasteiger partial charge in [0.05, 0.1) is 12.2 Å². The predicted octanol–water partition coefficient (Wildman–Crippen LogP) is 2.39. The first-order chi connectivity index (χ1) is 7.79. The van der Waals surface area contributed by atoms with Crippen LogP contribution in [0.25, 0.3) is 0 Å². The van der Waals surface area contributed by atoms with Crippen LogP contribution in [-0.2, 0) is 0 Å². The highest BCUT2D eigenvalue weighted by atomic mass is 16.5. The molecule has 0 bridgehead atoms. The minimum absolute atomic E-state index is 0.106. The smallest absolute Gasteiger partial charge is 0.255 e. The minimum Gasteiger partial charge on any atom is -0.493 e. The Kier molecular flexibility index (Phi) is 5.12. The molecule has 0 saturated heterocycles. The molecule has 0 fully saturated rings. The van der Waals surface area contributed by atoms with Gasteiger partial charge in [-0.05, 0) is 25.5 Å². The SMILES string of the molecule is C=CCCNC(=O)c1ccccc1OCC. The van der Waals surface area contributed by atoms with Crippen molar-refractivity contribution in [2.45, 2.75) is 13.3 Å². The summed E-state index contributed by atoms with van der Waals surface area (Å²) in [5.41, 5.74) is 0.577. The summed E-state index contributed by atoms with van der Waals surface area (Å²) in [4.78, 5) is 11.8. The molecule has 0 heterocycles. The van der Waals surface area contributed by atoms with E-state index >= 15 is 0 Å². The Morgan fingerprint density at radius 2 is 2.25 bits per heavy atom. The van der Waals surface area contributed by atoms with Crippen molar-refractivity contribution in [1.29, 1.82) is 0 Å². The average Bonchev–Trinajstić information content (AvgIpc) is 2.30. The van der Waals surface area contributed by atoms with Gasteiger partial charge in [0.25, 0.3) is 5.91 Å². The number of rotatable bonds is 6. The first kappa shape index (κ1) is 12.3. The molecular formula is C13H17NO2. The Bertz CT molecular complexity index is 361. The highest BCUT2D eigenvalue weighted by Crippen LogP contribution is 2.17. The van der Waals surface area contributed by atoms with Gasteiger partial charge in [0.1, 0.15) is 5.75 Å². The van der Waals surface area contributed by atoms with Crippen molar-refractivity contribution in [3.05, 3.63) is 42.5 Å². The summed E-state index contributed by atoms with van der Waals surface area (Å²) in [5, 5.41) is 2.81. The van der Waals surface area contributed by atoms with E-state index in [4.69, 9.17) is 4.74 Å². The van der Waals surface area contributed by atoms with Crippen LogP contribution in [0.15, 0.2) is 36.9 Å². The fraction of sp³-hybridized carbons (Fsp3) is 0.308. The fourth-order valence-corrected chi connectivity index (χ4v) is 1.32. The van der Waals surface area contributed by atoms with E-state index < -0.39 is 0 Å². The summed E-state index contributed by atoms with van der Waals surface area (Å²) in [6, 6.07) is 7.23. The van der Waals surface area contributed by atoms with Crippen molar-refractivity contribution < 1.29 is 9.53 Å². The Morgan fingerprint density at radius 3 is 2.94 bits per heavy atom. The quantitative estimate of drug-likeness (QED) is 0.589. The highest BCUT2D eigenvalue weighted by Gasteiger charge is 2.10. The van der Waals surface area contributed by atoms with E-state index in [0.717, 1.165) is 6.42 Å². The Labute approximate surface area is 96.1 Å². The van der Waals surface area contributed by atoms with Gasteiger partial charge in [0, 0.05) is 6.54 Å². The number of hydrogen-bond acceptors (Lipinski definition) is 2. The monoisotopic (exact) mass is 219 g/mol. The molecular weight excluding hydrogens is 202 g/mol. The van der Waals surface area contributed by atoms with Crippen molar-refractivity contribution in [2.75, 3.05) is 13.2 Å². The molecule has 0 unspecified atom stereocenters. The summed E-state index contributed by atoms with van der Waals surface area (Å²) in [5.74, 6) is 0.520. The highest BCUT2D eigenvalue weighted by molar-refractivity contribution is 5.96. The number of benzene rings is 1. The lowest BCUT2D eigenvalue weighted by Gasteiger charge is -2.09. The number of carbonyl (C=O) groups excluding carboxylic acids is 1. The lowest BCUT2D eigenvalue weighted by molar-refractivity contribution is 0.0950. The van der Waals surface area contributed by atoms with Gasteiger partial charge in [0.2, 0.25) is 0 Å². The van der Waals surface area contributed by atoms with Crippen LogP contribution in [0.5, 0.6) is 5.75 Å². The van der Waals surface area contributed by atoms with E-state index in [1.165, 1.54) is 0 Å². The molecule has 1 N–H and O–H groups in total. The third-order valence-corrected chi connectivity index (χ3v) is 2.07. The molecule has 0 aliphatic heterocycles. The van der Waals surface area contributed by atoms with E-state index in [1.807, 2.05) is 19.1 Å². The zero-order chi connectivity index (χ0) is 11.8. The lowest BCUT2D eigenvalue weighted by atomic mass is 10.2. The molecule has 0 aliphatic carbocycles. The van der Waals surface area contributed by atoms with Crippen LogP contribution in [-0.4, -0.2) is 19.1 Å². The molecule has 0 saturated carbocycles. The number of ether oxygens (including phenoxy) is 1. The van der Waals surface area contributed by atoms with Gasteiger partial charge < -0.3 is 10.1 Å². The molecule has 0 radical (unpaired) electrons. The van der Waals surface area contributed by atoms with E-state index in [1.54, 1.807) is 18.2 Å². The molecule has 16 heavy (non-hydrogen) atoms. The first-order valence-corrected chi connectivity index (χ1v) is 5.40. The van der Waals surface area contributed by atoms with E-state index in [0.29, 0.717) is 24.5 Å². The van der Waals surface area contributed by atoms with E-state index in [-0.39, 0.29) is 5.91 Å². The zero-order valence-electron chi connectivity index (χ0n) is 9.53. The minimum atomic E-state index is -0.106. The van der Waals surface area contributed by atoms with Crippen LogP contribution in [0.1, 0.15) is 23.7 Å². The number of carbonyl (C=O) groups is 1. The summed E-state index contributed by atoms with van der Waals surface area (Å²) in [7, 11) is 0. The number of amides is 1. The third-order valence-electron chi connectivity index (χ3n) is 2.07. The molecule has 0 aromatic heterocycles. The molecule has 1 aromatic rings. The molecule has 1 rings (SSSR count). The lowest BCUT2D eigenvalue weighted by Crippen LogP contribution is -2.24. The van der Waals surface area contributed by atoms with Gasteiger partial charge in [0.15, 0.2) is 0 Å². The number of nitrogens with one attached hydrogen (secondary N) is 1. The summed E-state index contributed by atoms with van der Waals surface area (Å²) >= 11 is 0. The molecule has 0 aliphatic rings. The summed E-state index contributed by atoms with van der Waals surface area (Å²) in [6.07, 6.45) is 2.54. The van der Waals surface area contributed by atoms with Crippen LogP contribution in [0.3, 0.4) is 0 Å². The van der Waals surface area contributed by atoms with Gasteiger partial charge in [-0.3, -0.25) is 4.79 Å². The standard InChI is InChI=1S/C13H17NO2/c1-3-5-10-14-13(15)11-8-6-7-9-12(11)16-4-2/h3,6-9H,1,4-5,10H2,2H3,(H,14,15). The van der Waals surface area contributed by atoms with Crippen LogP contribution in [0.2, 0.25) is 0 Å². The van der Waals surface area contributed by atoms with Crippen molar-refractivity contribution in [3.63, 3.8) is 0 Å². The Morgan fingerprint density at radius 1 is 1.50 bits per heavy atom. The van der Waals surface area contributed by atoms with E-state index in [2.05, 4.69) is 11.9 Å². The fourth-order valence-electron chi connectivity index (χ4n) is 1.32. The van der Waals surface area contributed by atoms with Crippen LogP contribution >= 0.6 is 0 Å².